The summed E-state index contributed by atoms with van der Waals surface area (Å²) in [6.07, 6.45) is 3.59. The standard InChI is InChI=1S/C10H15F/c1-4-10(11)9-6-5-7(2)8(9)3/h4,7H,5-6H2,1-3H3/b10-4+. The lowest BCUT2D eigenvalue weighted by Gasteiger charge is -2.02. The molecule has 0 nitrogen and oxygen atoms in total. The first-order valence-electron chi connectivity index (χ1n) is 4.18. The van der Waals surface area contributed by atoms with Crippen LogP contribution in [0.1, 0.15) is 33.6 Å². The minimum absolute atomic E-state index is 0.0214. The molecule has 1 aliphatic carbocycles. The summed E-state index contributed by atoms with van der Waals surface area (Å²) < 4.78 is 13.1. The van der Waals surface area contributed by atoms with E-state index >= 15 is 0 Å². The lowest BCUT2D eigenvalue weighted by molar-refractivity contribution is 0.635. The third-order valence-corrected chi connectivity index (χ3v) is 2.58. The molecule has 0 heterocycles. The molecule has 1 atom stereocenters. The zero-order valence-corrected chi connectivity index (χ0v) is 7.45. The van der Waals surface area contributed by atoms with Gasteiger partial charge in [0.15, 0.2) is 0 Å². The second-order valence-electron chi connectivity index (χ2n) is 3.24. The van der Waals surface area contributed by atoms with Crippen molar-refractivity contribution >= 4 is 0 Å². The van der Waals surface area contributed by atoms with Gasteiger partial charge in [-0.3, -0.25) is 0 Å². The maximum absolute atomic E-state index is 13.1. The number of hydrogen-bond acceptors (Lipinski definition) is 0. The van der Waals surface area contributed by atoms with Gasteiger partial charge in [0.05, 0.1) is 0 Å². The van der Waals surface area contributed by atoms with Crippen LogP contribution in [-0.2, 0) is 0 Å². The first-order valence-corrected chi connectivity index (χ1v) is 4.18. The van der Waals surface area contributed by atoms with Gasteiger partial charge in [-0.2, -0.15) is 0 Å². The summed E-state index contributed by atoms with van der Waals surface area (Å²) in [6.45, 7) is 5.94. The topological polar surface area (TPSA) is 0 Å². The fourth-order valence-electron chi connectivity index (χ4n) is 1.55. The fraction of sp³-hybridized carbons (Fsp3) is 0.600. The van der Waals surface area contributed by atoms with E-state index in [1.54, 1.807) is 13.0 Å². The van der Waals surface area contributed by atoms with Gasteiger partial charge in [0.2, 0.25) is 0 Å². The molecule has 0 aromatic carbocycles. The lowest BCUT2D eigenvalue weighted by Crippen LogP contribution is -1.87. The summed E-state index contributed by atoms with van der Waals surface area (Å²) >= 11 is 0. The number of halogens is 1. The second kappa shape index (κ2) is 3.21. The lowest BCUT2D eigenvalue weighted by atomic mass is 10.1. The molecule has 1 heteroatoms. The maximum atomic E-state index is 13.1. The molecule has 1 rings (SSSR count). The molecule has 0 fully saturated rings. The van der Waals surface area contributed by atoms with E-state index in [1.807, 2.05) is 6.92 Å². The van der Waals surface area contributed by atoms with Crippen LogP contribution in [0.15, 0.2) is 23.0 Å². The van der Waals surface area contributed by atoms with Crippen LogP contribution in [0.5, 0.6) is 0 Å². The quantitative estimate of drug-likeness (QED) is 0.541. The highest BCUT2D eigenvalue weighted by molar-refractivity contribution is 5.34. The van der Waals surface area contributed by atoms with Gasteiger partial charge in [0, 0.05) is 0 Å². The predicted octanol–water partition coefficient (Wildman–Crippen LogP) is 3.61. The first kappa shape index (κ1) is 8.51. The van der Waals surface area contributed by atoms with Crippen LogP contribution in [0.4, 0.5) is 4.39 Å². The monoisotopic (exact) mass is 154 g/mol. The third kappa shape index (κ3) is 1.52. The molecule has 0 N–H and O–H groups in total. The Kier molecular flexibility index (Phi) is 2.48. The highest BCUT2D eigenvalue weighted by atomic mass is 19.1. The summed E-state index contributed by atoms with van der Waals surface area (Å²) in [5, 5.41) is 0. The molecule has 0 saturated heterocycles. The van der Waals surface area contributed by atoms with Crippen molar-refractivity contribution in [3.05, 3.63) is 23.0 Å². The van der Waals surface area contributed by atoms with E-state index in [0.717, 1.165) is 18.4 Å². The highest BCUT2D eigenvalue weighted by Crippen LogP contribution is 2.35. The average Bonchev–Trinajstić information content (AvgIpc) is 2.32. The van der Waals surface area contributed by atoms with E-state index < -0.39 is 0 Å². The molecule has 0 radical (unpaired) electrons. The van der Waals surface area contributed by atoms with Crippen molar-refractivity contribution in [3.8, 4) is 0 Å². The van der Waals surface area contributed by atoms with Crippen molar-refractivity contribution in [3.63, 3.8) is 0 Å². The SMILES string of the molecule is C/C=C(/F)C1=C(C)C(C)CC1. The van der Waals surface area contributed by atoms with Crippen LogP contribution in [0.2, 0.25) is 0 Å². The molecule has 0 spiro atoms. The van der Waals surface area contributed by atoms with Gasteiger partial charge in [-0.05, 0) is 38.2 Å². The van der Waals surface area contributed by atoms with Crippen molar-refractivity contribution in [1.82, 2.24) is 0 Å². The molecule has 1 unspecified atom stereocenters. The van der Waals surface area contributed by atoms with Gasteiger partial charge in [0.25, 0.3) is 0 Å². The fourth-order valence-corrected chi connectivity index (χ4v) is 1.55. The van der Waals surface area contributed by atoms with Crippen molar-refractivity contribution in [1.29, 1.82) is 0 Å². The molecule has 11 heavy (non-hydrogen) atoms. The van der Waals surface area contributed by atoms with E-state index in [2.05, 4.69) is 6.92 Å². The Hall–Kier alpha value is -0.590. The van der Waals surface area contributed by atoms with Gasteiger partial charge in [-0.25, -0.2) is 4.39 Å². The van der Waals surface area contributed by atoms with Crippen LogP contribution in [0.25, 0.3) is 0 Å². The van der Waals surface area contributed by atoms with Gasteiger partial charge in [-0.15, -0.1) is 0 Å². The van der Waals surface area contributed by atoms with Crippen molar-refractivity contribution in [2.75, 3.05) is 0 Å². The second-order valence-corrected chi connectivity index (χ2v) is 3.24. The molecule has 0 saturated carbocycles. The Morgan fingerprint density at radius 1 is 1.64 bits per heavy atom. The van der Waals surface area contributed by atoms with Gasteiger partial charge in [0.1, 0.15) is 5.83 Å². The molecule has 0 aromatic heterocycles. The number of hydrogen-bond donors (Lipinski definition) is 0. The predicted molar refractivity (Wildman–Crippen MR) is 46.0 cm³/mol. The molecule has 62 valence electrons. The molecule has 0 aromatic rings. The third-order valence-electron chi connectivity index (χ3n) is 2.58. The zero-order chi connectivity index (χ0) is 8.43. The van der Waals surface area contributed by atoms with Gasteiger partial charge in [-0.1, -0.05) is 18.6 Å². The Balaban J connectivity index is 2.88. The molecular weight excluding hydrogens is 139 g/mol. The molecule has 0 bridgehead atoms. The van der Waals surface area contributed by atoms with E-state index in [9.17, 15) is 4.39 Å². The van der Waals surface area contributed by atoms with Crippen molar-refractivity contribution < 1.29 is 4.39 Å². The normalized spacial score (nSPS) is 26.5. The van der Waals surface area contributed by atoms with Crippen molar-refractivity contribution in [2.24, 2.45) is 5.92 Å². The molecule has 1 aliphatic rings. The van der Waals surface area contributed by atoms with E-state index in [-0.39, 0.29) is 5.83 Å². The summed E-state index contributed by atoms with van der Waals surface area (Å²) in [5.41, 5.74) is 2.18. The van der Waals surface area contributed by atoms with Crippen LogP contribution in [0.3, 0.4) is 0 Å². The molecule has 0 amide bonds. The molecular formula is C10H15F. The smallest absolute Gasteiger partial charge is 0.122 e. The maximum Gasteiger partial charge on any atom is 0.122 e. The molecule has 0 aliphatic heterocycles. The summed E-state index contributed by atoms with van der Waals surface area (Å²) in [6, 6.07) is 0. The van der Waals surface area contributed by atoms with Crippen LogP contribution < -0.4 is 0 Å². The Morgan fingerprint density at radius 2 is 2.27 bits per heavy atom. The summed E-state index contributed by atoms with van der Waals surface area (Å²) in [5.74, 6) is 0.558. The summed E-state index contributed by atoms with van der Waals surface area (Å²) in [7, 11) is 0. The van der Waals surface area contributed by atoms with Crippen LogP contribution in [-0.4, -0.2) is 0 Å². The van der Waals surface area contributed by atoms with Gasteiger partial charge >= 0.3 is 0 Å². The summed E-state index contributed by atoms with van der Waals surface area (Å²) in [4.78, 5) is 0. The Labute approximate surface area is 67.8 Å². The highest BCUT2D eigenvalue weighted by Gasteiger charge is 2.20. The largest absolute Gasteiger partial charge is 0.207 e. The van der Waals surface area contributed by atoms with E-state index in [1.165, 1.54) is 5.57 Å². The minimum atomic E-state index is -0.0214. The minimum Gasteiger partial charge on any atom is -0.207 e. The van der Waals surface area contributed by atoms with E-state index in [4.69, 9.17) is 0 Å². The van der Waals surface area contributed by atoms with Gasteiger partial charge < -0.3 is 0 Å². The first-order chi connectivity index (χ1) is 5.16. The number of allylic oxidation sites excluding steroid dienone is 4. The van der Waals surface area contributed by atoms with Crippen molar-refractivity contribution in [2.45, 2.75) is 33.6 Å². The number of rotatable bonds is 1. The Morgan fingerprint density at radius 3 is 2.64 bits per heavy atom. The zero-order valence-electron chi connectivity index (χ0n) is 7.45. The van der Waals surface area contributed by atoms with Crippen LogP contribution >= 0.6 is 0 Å². The Bertz CT molecular complexity index is 211. The van der Waals surface area contributed by atoms with E-state index in [0.29, 0.717) is 5.92 Å². The van der Waals surface area contributed by atoms with Crippen LogP contribution in [0, 0.1) is 5.92 Å². The average molecular weight is 154 g/mol.